The summed E-state index contributed by atoms with van der Waals surface area (Å²) in [6.07, 6.45) is 0. The summed E-state index contributed by atoms with van der Waals surface area (Å²) in [6.45, 7) is 6.92. The van der Waals surface area contributed by atoms with Crippen LogP contribution in [0.2, 0.25) is 19.6 Å². The van der Waals surface area contributed by atoms with E-state index in [2.05, 4.69) is 37.3 Å². The minimum Gasteiger partial charge on any atom is -0.399 e. The van der Waals surface area contributed by atoms with E-state index in [9.17, 15) is 0 Å². The average Bonchev–Trinajstić information content (AvgIpc) is 2.02. The van der Waals surface area contributed by atoms with E-state index in [1.54, 1.807) is 0 Å². The molecule has 0 saturated carbocycles. The predicted molar refractivity (Wildman–Crippen MR) is 62.6 cm³/mol. The van der Waals surface area contributed by atoms with Crippen LogP contribution in [0.3, 0.4) is 0 Å². The molecule has 0 heterocycles. The summed E-state index contributed by atoms with van der Waals surface area (Å²) in [5, 5.41) is 0. The van der Waals surface area contributed by atoms with Crippen molar-refractivity contribution in [3.05, 3.63) is 24.3 Å². The fourth-order valence-electron chi connectivity index (χ4n) is 1.15. The summed E-state index contributed by atoms with van der Waals surface area (Å²) in [7, 11) is 0.843. The van der Waals surface area contributed by atoms with E-state index in [4.69, 9.17) is 5.73 Å². The average molecular weight is 194 g/mol. The monoisotopic (exact) mass is 194 g/mol. The van der Waals surface area contributed by atoms with Gasteiger partial charge in [-0.25, -0.2) is 0 Å². The molecule has 0 aliphatic rings. The van der Waals surface area contributed by atoms with Crippen LogP contribution in [0.5, 0.6) is 0 Å². The number of nitrogen functional groups attached to an aromatic ring is 1. The lowest BCUT2D eigenvalue weighted by Crippen LogP contribution is -2.43. The quantitative estimate of drug-likeness (QED) is 0.579. The van der Waals surface area contributed by atoms with Gasteiger partial charge in [-0.1, -0.05) is 31.8 Å². The zero-order chi connectivity index (χ0) is 10.1. The fraction of sp³-hybridized carbons (Fsp3) is 0.400. The molecule has 0 unspecified atom stereocenters. The summed E-state index contributed by atoms with van der Waals surface area (Å²) in [5.41, 5.74) is 7.92. The lowest BCUT2D eigenvalue weighted by Gasteiger charge is -2.33. The number of rotatable bonds is 2. The molecule has 13 heavy (non-hydrogen) atoms. The molecule has 1 aromatic carbocycles. The van der Waals surface area contributed by atoms with Gasteiger partial charge in [-0.3, -0.25) is 0 Å². The molecule has 0 fully saturated rings. The third-order valence-electron chi connectivity index (χ3n) is 2.30. The lowest BCUT2D eigenvalue weighted by atomic mass is 10.3. The van der Waals surface area contributed by atoms with Crippen molar-refractivity contribution in [2.45, 2.75) is 19.6 Å². The van der Waals surface area contributed by atoms with E-state index < -0.39 is 8.24 Å². The van der Waals surface area contributed by atoms with Gasteiger partial charge in [0, 0.05) is 0 Å². The topological polar surface area (TPSA) is 29.3 Å². The van der Waals surface area contributed by atoms with Crippen molar-refractivity contribution < 1.29 is 0 Å². The smallest absolute Gasteiger partial charge is 0.147 e. The molecule has 1 rings (SSSR count). The van der Waals surface area contributed by atoms with E-state index in [-0.39, 0.29) is 0 Å². The van der Waals surface area contributed by atoms with Gasteiger partial charge in [0.25, 0.3) is 0 Å². The maximum atomic E-state index is 5.90. The predicted octanol–water partition coefficient (Wildman–Crippen LogP) is 2.54. The number of nitrogens with zero attached hydrogens (tertiary/aromatic N) is 1. The van der Waals surface area contributed by atoms with Gasteiger partial charge in [0.15, 0.2) is 0 Å². The van der Waals surface area contributed by atoms with Crippen LogP contribution in [0.1, 0.15) is 0 Å². The molecular weight excluding hydrogens is 176 g/mol. The Morgan fingerprint density at radius 3 is 2.15 bits per heavy atom. The Morgan fingerprint density at radius 2 is 1.69 bits per heavy atom. The molecule has 1 aromatic rings. The summed E-state index contributed by atoms with van der Waals surface area (Å²) in [5.74, 6) is 0. The Bertz CT molecular complexity index is 291. The van der Waals surface area contributed by atoms with Crippen LogP contribution >= 0.6 is 0 Å². The third-order valence-corrected chi connectivity index (χ3v) is 4.56. The lowest BCUT2D eigenvalue weighted by molar-refractivity contribution is 1.25. The summed E-state index contributed by atoms with van der Waals surface area (Å²) >= 11 is 0. The van der Waals surface area contributed by atoms with Crippen LogP contribution in [0.4, 0.5) is 11.4 Å². The normalized spacial score (nSPS) is 11.4. The van der Waals surface area contributed by atoms with Crippen LogP contribution in [-0.4, -0.2) is 15.3 Å². The summed E-state index contributed by atoms with van der Waals surface area (Å²) < 4.78 is 2.32. The largest absolute Gasteiger partial charge is 0.399 e. The molecule has 0 atom stereocenters. The molecule has 0 spiro atoms. The Kier molecular flexibility index (Phi) is 2.66. The Hall–Kier alpha value is -0.963. The number of benzene rings is 1. The number of nitrogens with two attached hydrogens (primary N) is 1. The molecule has 0 aliphatic carbocycles. The van der Waals surface area contributed by atoms with E-state index in [1.807, 2.05) is 18.2 Å². The zero-order valence-corrected chi connectivity index (χ0v) is 9.83. The van der Waals surface area contributed by atoms with E-state index in [1.165, 1.54) is 0 Å². The highest BCUT2D eigenvalue weighted by Gasteiger charge is 2.21. The maximum Gasteiger partial charge on any atom is 0.147 e. The highest BCUT2D eigenvalue weighted by molar-refractivity contribution is 6.79. The van der Waals surface area contributed by atoms with Crippen molar-refractivity contribution in [2.75, 3.05) is 17.3 Å². The summed E-state index contributed by atoms with van der Waals surface area (Å²) in [4.78, 5) is 0. The molecule has 0 aliphatic heterocycles. The maximum absolute atomic E-state index is 5.90. The molecule has 0 amide bonds. The van der Waals surface area contributed by atoms with Gasteiger partial charge in [-0.05, 0) is 19.2 Å². The standard InChI is InChI=1S/C10H18N2Si/c1-12(13(2,3)4)10-8-6-5-7-9(10)11/h5-8H,11H2,1-4H3. The van der Waals surface area contributed by atoms with Crippen LogP contribution < -0.4 is 10.3 Å². The van der Waals surface area contributed by atoms with Gasteiger partial charge in [0.05, 0.1) is 11.4 Å². The van der Waals surface area contributed by atoms with Crippen molar-refractivity contribution in [3.63, 3.8) is 0 Å². The van der Waals surface area contributed by atoms with Gasteiger partial charge >= 0.3 is 0 Å². The minimum absolute atomic E-state index is 0.868. The first kappa shape index (κ1) is 10.1. The molecular formula is C10H18N2Si. The molecule has 3 heteroatoms. The molecule has 72 valence electrons. The number of anilines is 2. The molecule has 0 radical (unpaired) electrons. The third kappa shape index (κ3) is 2.25. The second kappa shape index (κ2) is 3.42. The molecule has 0 bridgehead atoms. The van der Waals surface area contributed by atoms with Gasteiger partial charge in [0.1, 0.15) is 8.24 Å². The van der Waals surface area contributed by atoms with E-state index >= 15 is 0 Å². The molecule has 2 nitrogen and oxygen atoms in total. The Balaban J connectivity index is 3.02. The SMILES string of the molecule is CN(c1ccccc1N)[Si](C)(C)C. The van der Waals surface area contributed by atoms with E-state index in [0.29, 0.717) is 0 Å². The van der Waals surface area contributed by atoms with Crippen molar-refractivity contribution in [1.82, 2.24) is 0 Å². The zero-order valence-electron chi connectivity index (χ0n) is 8.83. The first-order valence-corrected chi connectivity index (χ1v) is 7.96. The van der Waals surface area contributed by atoms with Crippen molar-refractivity contribution in [2.24, 2.45) is 0 Å². The van der Waals surface area contributed by atoms with Crippen molar-refractivity contribution >= 4 is 19.6 Å². The Labute approximate surface area is 81.5 Å². The summed E-state index contributed by atoms with van der Waals surface area (Å²) in [6, 6.07) is 8.03. The Morgan fingerprint density at radius 1 is 1.15 bits per heavy atom. The second-order valence-electron chi connectivity index (χ2n) is 4.29. The van der Waals surface area contributed by atoms with E-state index in [0.717, 1.165) is 11.4 Å². The molecule has 2 N–H and O–H groups in total. The van der Waals surface area contributed by atoms with Gasteiger partial charge in [0.2, 0.25) is 0 Å². The van der Waals surface area contributed by atoms with Gasteiger partial charge in [-0.2, -0.15) is 0 Å². The van der Waals surface area contributed by atoms with Gasteiger partial charge in [-0.15, -0.1) is 0 Å². The number of para-hydroxylation sites is 2. The molecule has 0 saturated heterocycles. The fourth-order valence-corrected chi connectivity index (χ4v) is 2.08. The van der Waals surface area contributed by atoms with Crippen LogP contribution in [-0.2, 0) is 0 Å². The first-order chi connectivity index (χ1) is 5.93. The van der Waals surface area contributed by atoms with Crippen LogP contribution in [0, 0.1) is 0 Å². The van der Waals surface area contributed by atoms with Crippen LogP contribution in [0.25, 0.3) is 0 Å². The van der Waals surface area contributed by atoms with Crippen molar-refractivity contribution in [3.8, 4) is 0 Å². The van der Waals surface area contributed by atoms with Gasteiger partial charge < -0.3 is 10.3 Å². The molecule has 0 aromatic heterocycles. The number of hydrogen-bond donors (Lipinski definition) is 1. The highest BCUT2D eigenvalue weighted by Crippen LogP contribution is 2.25. The van der Waals surface area contributed by atoms with Crippen LogP contribution in [0.15, 0.2) is 24.3 Å². The second-order valence-corrected chi connectivity index (χ2v) is 9.30. The first-order valence-electron chi connectivity index (χ1n) is 4.51. The number of hydrogen-bond acceptors (Lipinski definition) is 2. The van der Waals surface area contributed by atoms with Crippen molar-refractivity contribution in [1.29, 1.82) is 0 Å². The minimum atomic E-state index is -1.28. The highest BCUT2D eigenvalue weighted by atomic mass is 28.3.